The zero-order valence-electron chi connectivity index (χ0n) is 15.5. The lowest BCUT2D eigenvalue weighted by Gasteiger charge is -2.40. The number of aryl methyl sites for hydroxylation is 1. The molecule has 0 saturated heterocycles. The molecule has 1 N–H and O–H groups in total. The van der Waals surface area contributed by atoms with Crippen molar-refractivity contribution in [3.63, 3.8) is 0 Å². The summed E-state index contributed by atoms with van der Waals surface area (Å²) < 4.78 is 34.0. The molecule has 1 aromatic rings. The number of amides is 1. The molecule has 3 aliphatic rings. The van der Waals surface area contributed by atoms with Gasteiger partial charge in [0, 0.05) is 38.5 Å². The van der Waals surface area contributed by atoms with Crippen molar-refractivity contribution >= 4 is 11.7 Å². The Kier molecular flexibility index (Phi) is 4.33. The van der Waals surface area contributed by atoms with Crippen LogP contribution in [0.15, 0.2) is 0 Å². The third kappa shape index (κ3) is 3.04. The molecule has 0 aromatic carbocycles. The number of alkyl halides is 2. The van der Waals surface area contributed by atoms with Gasteiger partial charge >= 0.3 is 0 Å². The first-order valence-corrected chi connectivity index (χ1v) is 9.62. The molecule has 26 heavy (non-hydrogen) atoms. The van der Waals surface area contributed by atoms with Gasteiger partial charge in [-0.2, -0.15) is 5.10 Å². The molecule has 1 heterocycles. The van der Waals surface area contributed by atoms with Crippen LogP contribution in [0.4, 0.5) is 14.6 Å². The van der Waals surface area contributed by atoms with Gasteiger partial charge in [0.1, 0.15) is 5.82 Å². The summed E-state index contributed by atoms with van der Waals surface area (Å²) >= 11 is 0. The molecule has 144 valence electrons. The van der Waals surface area contributed by atoms with E-state index in [4.69, 9.17) is 4.74 Å². The Morgan fingerprint density at radius 2 is 1.96 bits per heavy atom. The molecule has 3 fully saturated rings. The van der Waals surface area contributed by atoms with Gasteiger partial charge in [-0.25, -0.2) is 8.78 Å². The molecule has 3 saturated carbocycles. The van der Waals surface area contributed by atoms with Gasteiger partial charge in [0.25, 0.3) is 0 Å². The molecule has 0 atom stereocenters. The fourth-order valence-electron chi connectivity index (χ4n) is 4.46. The van der Waals surface area contributed by atoms with Crippen LogP contribution in [0.25, 0.3) is 0 Å². The highest BCUT2D eigenvalue weighted by Crippen LogP contribution is 2.52. The van der Waals surface area contributed by atoms with E-state index in [0.29, 0.717) is 18.2 Å². The van der Waals surface area contributed by atoms with E-state index in [9.17, 15) is 13.6 Å². The topological polar surface area (TPSA) is 56.1 Å². The summed E-state index contributed by atoms with van der Waals surface area (Å²) in [4.78, 5) is 12.6. The Morgan fingerprint density at radius 1 is 1.27 bits per heavy atom. The van der Waals surface area contributed by atoms with Gasteiger partial charge in [-0.05, 0) is 38.0 Å². The largest absolute Gasteiger partial charge is 0.378 e. The number of halogens is 2. The minimum absolute atomic E-state index is 0.0828. The zero-order valence-corrected chi connectivity index (χ0v) is 15.5. The molecule has 0 spiro atoms. The molecule has 0 aliphatic heterocycles. The zero-order chi connectivity index (χ0) is 18.5. The predicted molar refractivity (Wildman–Crippen MR) is 93.6 cm³/mol. The van der Waals surface area contributed by atoms with Crippen LogP contribution in [0.1, 0.15) is 80.9 Å². The van der Waals surface area contributed by atoms with E-state index in [1.165, 1.54) is 0 Å². The van der Waals surface area contributed by atoms with E-state index in [0.717, 1.165) is 49.8 Å². The minimum atomic E-state index is -2.57. The number of nitrogens with zero attached hydrogens (tertiary/aromatic N) is 2. The van der Waals surface area contributed by atoms with Crippen molar-refractivity contribution in [3.05, 3.63) is 11.3 Å². The lowest BCUT2D eigenvalue weighted by Crippen LogP contribution is -2.42. The second-order valence-corrected chi connectivity index (χ2v) is 8.33. The monoisotopic (exact) mass is 367 g/mol. The third-order valence-electron chi connectivity index (χ3n) is 6.54. The van der Waals surface area contributed by atoms with Gasteiger partial charge < -0.3 is 10.1 Å². The second kappa shape index (κ2) is 6.29. The quantitative estimate of drug-likeness (QED) is 0.824. The van der Waals surface area contributed by atoms with Gasteiger partial charge in [-0.1, -0.05) is 6.42 Å². The molecular formula is C19H27F2N3O2. The van der Waals surface area contributed by atoms with Crippen LogP contribution in [0.5, 0.6) is 0 Å². The number of aromatic nitrogens is 2. The number of carbonyl (C=O) groups excluding carboxylic acids is 1. The third-order valence-corrected chi connectivity index (χ3v) is 6.54. The van der Waals surface area contributed by atoms with Gasteiger partial charge in [-0.3, -0.25) is 9.48 Å². The summed E-state index contributed by atoms with van der Waals surface area (Å²) in [7, 11) is 3.44. The first kappa shape index (κ1) is 17.9. The molecular weight excluding hydrogens is 340 g/mol. The van der Waals surface area contributed by atoms with Gasteiger partial charge in [-0.15, -0.1) is 0 Å². The van der Waals surface area contributed by atoms with Gasteiger partial charge in [0.05, 0.1) is 17.7 Å². The van der Waals surface area contributed by atoms with Crippen LogP contribution in [0, 0.1) is 0 Å². The van der Waals surface area contributed by atoms with Crippen LogP contribution in [-0.2, 0) is 16.6 Å². The summed E-state index contributed by atoms with van der Waals surface area (Å²) in [6, 6.07) is 0. The van der Waals surface area contributed by atoms with Gasteiger partial charge in [0.2, 0.25) is 11.8 Å². The van der Waals surface area contributed by atoms with Crippen molar-refractivity contribution in [3.8, 4) is 0 Å². The predicted octanol–water partition coefficient (Wildman–Crippen LogP) is 4.10. The van der Waals surface area contributed by atoms with Crippen molar-refractivity contribution in [2.45, 2.75) is 81.1 Å². The molecule has 1 aromatic heterocycles. The molecule has 0 radical (unpaired) electrons. The molecule has 3 aliphatic carbocycles. The number of hydrogen-bond donors (Lipinski definition) is 1. The maximum atomic E-state index is 13.4. The maximum absolute atomic E-state index is 13.4. The highest BCUT2D eigenvalue weighted by atomic mass is 19.3. The van der Waals surface area contributed by atoms with Crippen molar-refractivity contribution in [2.24, 2.45) is 7.05 Å². The van der Waals surface area contributed by atoms with Crippen LogP contribution >= 0.6 is 0 Å². The van der Waals surface area contributed by atoms with E-state index in [1.54, 1.807) is 18.8 Å². The van der Waals surface area contributed by atoms with E-state index in [2.05, 4.69) is 10.4 Å². The molecule has 7 heteroatoms. The fraction of sp³-hybridized carbons (Fsp3) is 0.789. The smallest absolute Gasteiger partial charge is 0.249 e. The Balaban J connectivity index is 1.55. The molecule has 0 bridgehead atoms. The van der Waals surface area contributed by atoms with Crippen molar-refractivity contribution in [2.75, 3.05) is 12.4 Å². The number of anilines is 1. The summed E-state index contributed by atoms with van der Waals surface area (Å²) in [6.45, 7) is 0. The minimum Gasteiger partial charge on any atom is -0.378 e. The number of hydrogen-bond acceptors (Lipinski definition) is 3. The Labute approximate surface area is 152 Å². The summed E-state index contributed by atoms with van der Waals surface area (Å²) in [5.74, 6) is -1.84. The molecule has 5 nitrogen and oxygen atoms in total. The Bertz CT molecular complexity index is 694. The fourth-order valence-corrected chi connectivity index (χ4v) is 4.46. The second-order valence-electron chi connectivity index (χ2n) is 8.33. The summed E-state index contributed by atoms with van der Waals surface area (Å²) in [6.07, 6.45) is 6.16. The number of nitrogens with one attached hydrogen (secondary N) is 1. The average Bonchev–Trinajstić information content (AvgIpc) is 2.76. The van der Waals surface area contributed by atoms with Gasteiger partial charge in [0.15, 0.2) is 0 Å². The Morgan fingerprint density at radius 3 is 2.42 bits per heavy atom. The number of carbonyl (C=O) groups is 1. The van der Waals surface area contributed by atoms with Crippen LogP contribution in [0.3, 0.4) is 0 Å². The van der Waals surface area contributed by atoms with Crippen molar-refractivity contribution in [1.82, 2.24) is 9.78 Å². The molecule has 4 rings (SSSR count). The van der Waals surface area contributed by atoms with Crippen LogP contribution < -0.4 is 5.32 Å². The van der Waals surface area contributed by atoms with E-state index in [-0.39, 0.29) is 30.3 Å². The lowest BCUT2D eigenvalue weighted by molar-refractivity contribution is -0.129. The van der Waals surface area contributed by atoms with Crippen LogP contribution in [-0.4, -0.2) is 34.3 Å². The van der Waals surface area contributed by atoms with E-state index < -0.39 is 5.92 Å². The van der Waals surface area contributed by atoms with E-state index in [1.807, 2.05) is 0 Å². The van der Waals surface area contributed by atoms with E-state index >= 15 is 0 Å². The maximum Gasteiger partial charge on any atom is 0.249 e. The lowest BCUT2D eigenvalue weighted by atomic mass is 9.73. The number of methoxy groups -OCH3 is 1. The Hall–Kier alpha value is -1.50. The normalized spacial score (nSPS) is 24.5. The molecule has 1 amide bonds. The molecule has 0 unspecified atom stereocenters. The average molecular weight is 367 g/mol. The SMILES string of the molecule is COC1(CC(=O)Nc2c(C3CCC3)c(C3CC(F)(F)C3)nn2C)CCC1. The standard InChI is InChI=1S/C19H27F2N3O2/c1-24-17(22-14(25)11-18(26-2)7-4-8-18)15(12-5-3-6-12)16(23-24)13-9-19(20,21)10-13/h12-13H,3-11H2,1-2H3,(H,22,25). The van der Waals surface area contributed by atoms with Crippen molar-refractivity contribution < 1.29 is 18.3 Å². The van der Waals surface area contributed by atoms with Crippen molar-refractivity contribution in [1.29, 1.82) is 0 Å². The highest BCUT2D eigenvalue weighted by Gasteiger charge is 2.49. The first-order valence-electron chi connectivity index (χ1n) is 9.62. The number of rotatable bonds is 6. The summed E-state index contributed by atoms with van der Waals surface area (Å²) in [5.41, 5.74) is 1.43. The highest BCUT2D eigenvalue weighted by molar-refractivity contribution is 5.91. The number of ether oxygens (including phenoxy) is 1. The first-order chi connectivity index (χ1) is 12.3. The van der Waals surface area contributed by atoms with Crippen LogP contribution in [0.2, 0.25) is 0 Å². The summed E-state index contributed by atoms with van der Waals surface area (Å²) in [5, 5.41) is 7.57.